The summed E-state index contributed by atoms with van der Waals surface area (Å²) < 4.78 is 26.9. The molecular weight excluding hydrogens is 292 g/mol. The van der Waals surface area contributed by atoms with E-state index < -0.39 is 10.0 Å². The van der Waals surface area contributed by atoms with Gasteiger partial charge in [-0.15, -0.1) is 11.3 Å². The second-order valence-electron chi connectivity index (χ2n) is 3.53. The number of hydrogen-bond acceptors (Lipinski definition) is 4. The van der Waals surface area contributed by atoms with E-state index in [1.165, 1.54) is 6.07 Å². The minimum atomic E-state index is -3.45. The van der Waals surface area contributed by atoms with Crippen molar-refractivity contribution in [1.29, 1.82) is 0 Å². The van der Waals surface area contributed by atoms with Crippen molar-refractivity contribution < 1.29 is 8.42 Å². The molecule has 0 unspecified atom stereocenters. The van der Waals surface area contributed by atoms with E-state index in [0.717, 1.165) is 17.0 Å². The molecular formula is C11H11ClN2O2S2. The SMILES string of the molecule is O=S(=O)(NCCc1ccccn1)c1ccc(Cl)s1. The molecule has 2 aromatic rings. The summed E-state index contributed by atoms with van der Waals surface area (Å²) in [7, 11) is -3.45. The van der Waals surface area contributed by atoms with Crippen molar-refractivity contribution in [2.75, 3.05) is 6.54 Å². The molecule has 4 nitrogen and oxygen atoms in total. The maximum atomic E-state index is 11.9. The van der Waals surface area contributed by atoms with E-state index in [1.807, 2.05) is 18.2 Å². The van der Waals surface area contributed by atoms with Crippen LogP contribution in [0.4, 0.5) is 0 Å². The lowest BCUT2D eigenvalue weighted by atomic mass is 10.3. The summed E-state index contributed by atoms with van der Waals surface area (Å²) in [5.74, 6) is 0. The minimum Gasteiger partial charge on any atom is -0.261 e. The zero-order valence-corrected chi connectivity index (χ0v) is 11.7. The van der Waals surface area contributed by atoms with Gasteiger partial charge in [0.05, 0.1) is 4.34 Å². The van der Waals surface area contributed by atoms with Crippen LogP contribution in [0, 0.1) is 0 Å². The molecule has 0 aromatic carbocycles. The van der Waals surface area contributed by atoms with Gasteiger partial charge in [0.25, 0.3) is 0 Å². The summed E-state index contributed by atoms with van der Waals surface area (Å²) >= 11 is 6.75. The van der Waals surface area contributed by atoms with Gasteiger partial charge in [0.15, 0.2) is 0 Å². The molecule has 0 aliphatic carbocycles. The molecule has 0 spiro atoms. The molecule has 18 heavy (non-hydrogen) atoms. The van der Waals surface area contributed by atoms with E-state index in [4.69, 9.17) is 11.6 Å². The molecule has 2 rings (SSSR count). The first kappa shape index (κ1) is 13.5. The highest BCUT2D eigenvalue weighted by molar-refractivity contribution is 7.91. The standard InChI is InChI=1S/C11H11ClN2O2S2/c12-10-4-5-11(17-10)18(15,16)14-8-6-9-3-1-2-7-13-9/h1-5,7,14H,6,8H2. The molecule has 2 heterocycles. The molecule has 0 saturated carbocycles. The van der Waals surface area contributed by atoms with Crippen molar-refractivity contribution >= 4 is 33.0 Å². The fourth-order valence-electron chi connectivity index (χ4n) is 1.37. The highest BCUT2D eigenvalue weighted by atomic mass is 35.5. The third kappa shape index (κ3) is 3.52. The summed E-state index contributed by atoms with van der Waals surface area (Å²) in [5, 5.41) is 0. The Hall–Kier alpha value is -0.950. The first-order valence-corrected chi connectivity index (χ1v) is 7.90. The number of aromatic nitrogens is 1. The number of nitrogens with one attached hydrogen (secondary N) is 1. The summed E-state index contributed by atoms with van der Waals surface area (Å²) in [6.07, 6.45) is 2.24. The largest absolute Gasteiger partial charge is 0.261 e. The van der Waals surface area contributed by atoms with Gasteiger partial charge in [0.1, 0.15) is 4.21 Å². The fourth-order valence-corrected chi connectivity index (χ4v) is 3.93. The zero-order chi connectivity index (χ0) is 13.0. The molecule has 7 heteroatoms. The maximum Gasteiger partial charge on any atom is 0.250 e. The van der Waals surface area contributed by atoms with Gasteiger partial charge in [0, 0.05) is 24.9 Å². The van der Waals surface area contributed by atoms with Gasteiger partial charge in [-0.05, 0) is 24.3 Å². The van der Waals surface area contributed by atoms with Crippen LogP contribution in [0.2, 0.25) is 4.34 Å². The average Bonchev–Trinajstić information content (AvgIpc) is 2.78. The van der Waals surface area contributed by atoms with Crippen LogP contribution in [0.3, 0.4) is 0 Å². The average molecular weight is 303 g/mol. The summed E-state index contributed by atoms with van der Waals surface area (Å²) in [6, 6.07) is 8.61. The summed E-state index contributed by atoms with van der Waals surface area (Å²) in [6.45, 7) is 0.314. The second-order valence-corrected chi connectivity index (χ2v) is 7.24. The van der Waals surface area contributed by atoms with Crippen molar-refractivity contribution in [2.24, 2.45) is 0 Å². The lowest BCUT2D eigenvalue weighted by Gasteiger charge is -2.04. The van der Waals surface area contributed by atoms with Gasteiger partial charge in [-0.3, -0.25) is 4.98 Å². The lowest BCUT2D eigenvalue weighted by molar-refractivity contribution is 0.583. The first-order valence-electron chi connectivity index (χ1n) is 5.23. The first-order chi connectivity index (χ1) is 8.58. The highest BCUT2D eigenvalue weighted by Gasteiger charge is 2.15. The molecule has 1 N–H and O–H groups in total. The van der Waals surface area contributed by atoms with Gasteiger partial charge >= 0.3 is 0 Å². The van der Waals surface area contributed by atoms with E-state index >= 15 is 0 Å². The third-order valence-corrected chi connectivity index (χ3v) is 5.40. The van der Waals surface area contributed by atoms with Crippen LogP contribution in [0.5, 0.6) is 0 Å². The lowest BCUT2D eigenvalue weighted by Crippen LogP contribution is -2.25. The van der Waals surface area contributed by atoms with Crippen LogP contribution in [0.15, 0.2) is 40.7 Å². The number of halogens is 1. The van der Waals surface area contributed by atoms with Crippen LogP contribution >= 0.6 is 22.9 Å². The number of thiophene rings is 1. The van der Waals surface area contributed by atoms with Gasteiger partial charge < -0.3 is 0 Å². The van der Waals surface area contributed by atoms with E-state index in [2.05, 4.69) is 9.71 Å². The van der Waals surface area contributed by atoms with E-state index in [-0.39, 0.29) is 4.21 Å². The number of pyridine rings is 1. The monoisotopic (exact) mass is 302 g/mol. The molecule has 0 radical (unpaired) electrons. The van der Waals surface area contributed by atoms with Crippen molar-refractivity contribution in [3.05, 3.63) is 46.6 Å². The van der Waals surface area contributed by atoms with Crippen molar-refractivity contribution in [3.8, 4) is 0 Å². The Labute approximate surface area is 115 Å². The molecule has 0 bridgehead atoms. The molecule has 96 valence electrons. The molecule has 0 fully saturated rings. The molecule has 0 saturated heterocycles. The molecule has 0 amide bonds. The predicted molar refractivity (Wildman–Crippen MR) is 72.5 cm³/mol. The Bertz CT molecular complexity index is 611. The smallest absolute Gasteiger partial charge is 0.250 e. The van der Waals surface area contributed by atoms with E-state index in [9.17, 15) is 8.42 Å². The van der Waals surface area contributed by atoms with Crippen LogP contribution < -0.4 is 4.72 Å². The molecule has 0 aliphatic rings. The fraction of sp³-hybridized carbons (Fsp3) is 0.182. The summed E-state index contributed by atoms with van der Waals surface area (Å²) in [4.78, 5) is 4.12. The van der Waals surface area contributed by atoms with Crippen LogP contribution in [-0.2, 0) is 16.4 Å². The van der Waals surface area contributed by atoms with Crippen molar-refractivity contribution in [2.45, 2.75) is 10.6 Å². The van der Waals surface area contributed by atoms with E-state index in [1.54, 1.807) is 12.3 Å². The zero-order valence-electron chi connectivity index (χ0n) is 9.34. The Kier molecular flexibility index (Phi) is 4.34. The molecule has 2 aromatic heterocycles. The number of nitrogens with zero attached hydrogens (tertiary/aromatic N) is 1. The Morgan fingerprint density at radius 1 is 1.28 bits per heavy atom. The Morgan fingerprint density at radius 2 is 2.11 bits per heavy atom. The minimum absolute atomic E-state index is 0.230. The molecule has 0 atom stereocenters. The third-order valence-electron chi connectivity index (χ3n) is 2.21. The van der Waals surface area contributed by atoms with E-state index in [0.29, 0.717) is 17.3 Å². The van der Waals surface area contributed by atoms with Crippen LogP contribution in [0.1, 0.15) is 5.69 Å². The van der Waals surface area contributed by atoms with Crippen molar-refractivity contribution in [3.63, 3.8) is 0 Å². The highest BCUT2D eigenvalue weighted by Crippen LogP contribution is 2.25. The molecule has 0 aliphatic heterocycles. The number of hydrogen-bond donors (Lipinski definition) is 1. The Balaban J connectivity index is 1.94. The number of sulfonamides is 1. The second kappa shape index (κ2) is 5.79. The summed E-state index contributed by atoms with van der Waals surface area (Å²) in [5.41, 5.74) is 0.851. The number of rotatable bonds is 5. The predicted octanol–water partition coefficient (Wildman–Crippen LogP) is 2.32. The van der Waals surface area contributed by atoms with Gasteiger partial charge in [-0.25, -0.2) is 13.1 Å². The van der Waals surface area contributed by atoms with Gasteiger partial charge in [-0.2, -0.15) is 0 Å². The van der Waals surface area contributed by atoms with Gasteiger partial charge in [0.2, 0.25) is 10.0 Å². The van der Waals surface area contributed by atoms with Crippen molar-refractivity contribution in [1.82, 2.24) is 9.71 Å². The van der Waals surface area contributed by atoms with Gasteiger partial charge in [-0.1, -0.05) is 17.7 Å². The quantitative estimate of drug-likeness (QED) is 0.922. The maximum absolute atomic E-state index is 11.9. The normalized spacial score (nSPS) is 11.6. The Morgan fingerprint density at radius 3 is 2.72 bits per heavy atom. The van der Waals surface area contributed by atoms with Crippen LogP contribution in [-0.4, -0.2) is 19.9 Å². The van der Waals surface area contributed by atoms with Crippen LogP contribution in [0.25, 0.3) is 0 Å². The topological polar surface area (TPSA) is 59.1 Å².